The SMILES string of the molecule is CN(CC(=O)N1CCc2ccccc2C1)Cc1c(F)cccc1Cl. The minimum atomic E-state index is -0.339. The summed E-state index contributed by atoms with van der Waals surface area (Å²) < 4.78 is 13.9. The van der Waals surface area contributed by atoms with Crippen LogP contribution >= 0.6 is 11.6 Å². The van der Waals surface area contributed by atoms with E-state index in [1.54, 1.807) is 24.1 Å². The van der Waals surface area contributed by atoms with Gasteiger partial charge < -0.3 is 4.90 Å². The van der Waals surface area contributed by atoms with E-state index >= 15 is 0 Å². The summed E-state index contributed by atoms with van der Waals surface area (Å²) in [5.74, 6) is -0.284. The van der Waals surface area contributed by atoms with Crippen molar-refractivity contribution in [3.05, 3.63) is 70.0 Å². The second-order valence-corrected chi connectivity index (χ2v) is 6.61. The Hall–Kier alpha value is -1.91. The Morgan fingerprint density at radius 2 is 1.96 bits per heavy atom. The highest BCUT2D eigenvalue weighted by Crippen LogP contribution is 2.21. The fraction of sp³-hybridized carbons (Fsp3) is 0.316. The number of carbonyl (C=O) groups is 1. The molecule has 2 aromatic rings. The van der Waals surface area contributed by atoms with Crippen LogP contribution in [0.2, 0.25) is 5.02 Å². The average molecular weight is 347 g/mol. The van der Waals surface area contributed by atoms with E-state index in [0.29, 0.717) is 23.7 Å². The third kappa shape index (κ3) is 3.77. The summed E-state index contributed by atoms with van der Waals surface area (Å²) in [5, 5.41) is 0.390. The largest absolute Gasteiger partial charge is 0.337 e. The Bertz CT molecular complexity index is 730. The molecule has 0 radical (unpaired) electrons. The van der Waals surface area contributed by atoms with Gasteiger partial charge in [0.25, 0.3) is 0 Å². The summed E-state index contributed by atoms with van der Waals surface area (Å²) in [5.41, 5.74) is 2.95. The Balaban J connectivity index is 1.61. The van der Waals surface area contributed by atoms with Crippen molar-refractivity contribution >= 4 is 17.5 Å². The first-order valence-electron chi connectivity index (χ1n) is 8.00. The van der Waals surface area contributed by atoms with Crippen LogP contribution in [0.3, 0.4) is 0 Å². The monoisotopic (exact) mass is 346 g/mol. The van der Waals surface area contributed by atoms with Gasteiger partial charge in [-0.25, -0.2) is 4.39 Å². The molecule has 0 saturated heterocycles. The molecule has 1 aliphatic heterocycles. The summed E-state index contributed by atoms with van der Waals surface area (Å²) in [6, 6.07) is 12.8. The van der Waals surface area contributed by atoms with Gasteiger partial charge in [0.15, 0.2) is 0 Å². The van der Waals surface area contributed by atoms with Crippen LogP contribution in [0, 0.1) is 5.82 Å². The predicted molar refractivity (Wildman–Crippen MR) is 93.3 cm³/mol. The molecule has 0 unspecified atom stereocenters. The van der Waals surface area contributed by atoms with Crippen molar-refractivity contribution in [3.63, 3.8) is 0 Å². The molecule has 1 amide bonds. The number of carbonyl (C=O) groups excluding carboxylic acids is 1. The van der Waals surface area contributed by atoms with Crippen LogP contribution in [0.1, 0.15) is 16.7 Å². The topological polar surface area (TPSA) is 23.6 Å². The zero-order valence-corrected chi connectivity index (χ0v) is 14.4. The number of fused-ring (bicyclic) bond motifs is 1. The van der Waals surface area contributed by atoms with Gasteiger partial charge in [-0.2, -0.15) is 0 Å². The second-order valence-electron chi connectivity index (χ2n) is 6.21. The van der Waals surface area contributed by atoms with Crippen LogP contribution in [-0.2, 0) is 24.3 Å². The van der Waals surface area contributed by atoms with Gasteiger partial charge in [-0.3, -0.25) is 9.69 Å². The number of likely N-dealkylation sites (N-methyl/N-ethyl adjacent to an activating group) is 1. The lowest BCUT2D eigenvalue weighted by Gasteiger charge is -2.30. The van der Waals surface area contributed by atoms with Crippen LogP contribution in [-0.4, -0.2) is 35.8 Å². The van der Waals surface area contributed by atoms with Crippen LogP contribution in [0.25, 0.3) is 0 Å². The summed E-state index contributed by atoms with van der Waals surface area (Å²) in [6.45, 7) is 1.92. The van der Waals surface area contributed by atoms with E-state index < -0.39 is 0 Å². The maximum Gasteiger partial charge on any atom is 0.237 e. The average Bonchev–Trinajstić information content (AvgIpc) is 2.58. The Kier molecular flexibility index (Phi) is 5.17. The number of halogens is 2. The van der Waals surface area contributed by atoms with Gasteiger partial charge in [0.2, 0.25) is 5.91 Å². The fourth-order valence-electron chi connectivity index (χ4n) is 3.05. The van der Waals surface area contributed by atoms with Gasteiger partial charge in [0, 0.05) is 30.2 Å². The molecular formula is C19H20ClFN2O. The molecule has 0 bridgehead atoms. The molecule has 0 saturated carbocycles. The molecule has 3 rings (SSSR count). The highest BCUT2D eigenvalue weighted by atomic mass is 35.5. The Labute approximate surface area is 146 Å². The van der Waals surface area contributed by atoms with Crippen molar-refractivity contribution in [3.8, 4) is 0 Å². The van der Waals surface area contributed by atoms with Gasteiger partial charge in [0.1, 0.15) is 5.82 Å². The van der Waals surface area contributed by atoms with Crippen molar-refractivity contribution in [2.75, 3.05) is 20.1 Å². The molecular weight excluding hydrogens is 327 g/mol. The van der Waals surface area contributed by atoms with Crippen molar-refractivity contribution in [2.45, 2.75) is 19.5 Å². The van der Waals surface area contributed by atoms with Crippen LogP contribution in [0.5, 0.6) is 0 Å². The van der Waals surface area contributed by atoms with Crippen LogP contribution < -0.4 is 0 Å². The number of benzene rings is 2. The fourth-order valence-corrected chi connectivity index (χ4v) is 3.27. The van der Waals surface area contributed by atoms with E-state index in [-0.39, 0.29) is 18.3 Å². The molecule has 0 aliphatic carbocycles. The Morgan fingerprint density at radius 1 is 1.21 bits per heavy atom. The minimum Gasteiger partial charge on any atom is -0.337 e. The predicted octanol–water partition coefficient (Wildman–Crippen LogP) is 3.50. The number of hydrogen-bond acceptors (Lipinski definition) is 2. The van der Waals surface area contributed by atoms with Gasteiger partial charge in [-0.05, 0) is 36.7 Å². The first-order chi connectivity index (χ1) is 11.5. The summed E-state index contributed by atoms with van der Waals surface area (Å²) in [6.07, 6.45) is 0.880. The summed E-state index contributed by atoms with van der Waals surface area (Å²) >= 11 is 6.05. The van der Waals surface area contributed by atoms with E-state index in [2.05, 4.69) is 12.1 Å². The number of hydrogen-bond donors (Lipinski definition) is 0. The molecule has 0 fully saturated rings. The second kappa shape index (κ2) is 7.32. The molecule has 1 heterocycles. The van der Waals surface area contributed by atoms with Crippen molar-refractivity contribution in [2.24, 2.45) is 0 Å². The lowest BCUT2D eigenvalue weighted by molar-refractivity contribution is -0.133. The lowest BCUT2D eigenvalue weighted by Crippen LogP contribution is -2.41. The third-order valence-electron chi connectivity index (χ3n) is 4.38. The van der Waals surface area contributed by atoms with Crippen molar-refractivity contribution < 1.29 is 9.18 Å². The minimum absolute atomic E-state index is 0.0551. The molecule has 0 N–H and O–H groups in total. The Morgan fingerprint density at radius 3 is 2.71 bits per heavy atom. The molecule has 0 aromatic heterocycles. The molecule has 0 spiro atoms. The molecule has 0 atom stereocenters. The maximum atomic E-state index is 13.9. The van der Waals surface area contributed by atoms with Gasteiger partial charge in [-0.1, -0.05) is 41.9 Å². The normalized spacial score (nSPS) is 13.9. The van der Waals surface area contributed by atoms with E-state index in [9.17, 15) is 9.18 Å². The number of nitrogens with zero attached hydrogens (tertiary/aromatic N) is 2. The van der Waals surface area contributed by atoms with E-state index in [4.69, 9.17) is 11.6 Å². The molecule has 2 aromatic carbocycles. The quantitative estimate of drug-likeness (QED) is 0.846. The summed E-state index contributed by atoms with van der Waals surface area (Å²) in [4.78, 5) is 16.2. The van der Waals surface area contributed by atoms with E-state index in [0.717, 1.165) is 13.0 Å². The van der Waals surface area contributed by atoms with Gasteiger partial charge >= 0.3 is 0 Å². The molecule has 1 aliphatic rings. The standard InChI is InChI=1S/C19H20ClFN2O/c1-22(12-16-17(20)7-4-8-18(16)21)13-19(24)23-10-9-14-5-2-3-6-15(14)11-23/h2-8H,9-13H2,1H3. The van der Waals surface area contributed by atoms with Gasteiger partial charge in [-0.15, -0.1) is 0 Å². The molecule has 3 nitrogen and oxygen atoms in total. The highest BCUT2D eigenvalue weighted by Gasteiger charge is 2.21. The smallest absolute Gasteiger partial charge is 0.237 e. The van der Waals surface area contributed by atoms with Gasteiger partial charge in [0.05, 0.1) is 6.54 Å². The zero-order chi connectivity index (χ0) is 17.1. The molecule has 5 heteroatoms. The van der Waals surface area contributed by atoms with Crippen LogP contribution in [0.15, 0.2) is 42.5 Å². The number of amides is 1. The summed E-state index contributed by atoms with van der Waals surface area (Å²) in [7, 11) is 1.80. The van der Waals surface area contributed by atoms with E-state index in [1.807, 2.05) is 17.0 Å². The third-order valence-corrected chi connectivity index (χ3v) is 4.73. The van der Waals surface area contributed by atoms with Crippen molar-refractivity contribution in [1.29, 1.82) is 0 Å². The molecule has 24 heavy (non-hydrogen) atoms. The van der Waals surface area contributed by atoms with E-state index in [1.165, 1.54) is 17.2 Å². The first kappa shape index (κ1) is 16.9. The number of rotatable bonds is 4. The highest BCUT2D eigenvalue weighted by molar-refractivity contribution is 6.31. The van der Waals surface area contributed by atoms with Crippen molar-refractivity contribution in [1.82, 2.24) is 9.80 Å². The molecule has 126 valence electrons. The van der Waals surface area contributed by atoms with Crippen LogP contribution in [0.4, 0.5) is 4.39 Å². The zero-order valence-electron chi connectivity index (χ0n) is 13.6. The maximum absolute atomic E-state index is 13.9. The first-order valence-corrected chi connectivity index (χ1v) is 8.38. The lowest BCUT2D eigenvalue weighted by atomic mass is 10.00.